The molecule has 0 aliphatic carbocycles. The first kappa shape index (κ1) is 19.4. The minimum atomic E-state index is -0.778. The second-order valence-corrected chi connectivity index (χ2v) is 5.90. The second-order valence-electron chi connectivity index (χ2n) is 5.42. The number of nitrogens with zero attached hydrogens (tertiary/aromatic N) is 2. The van der Waals surface area contributed by atoms with Gasteiger partial charge in [0, 0.05) is 5.71 Å². The second kappa shape index (κ2) is 8.29. The molecular formula is C14H21N7O2S. The summed E-state index contributed by atoms with van der Waals surface area (Å²) in [5.41, 5.74) is 10.8. The molecule has 0 aromatic carbocycles. The number of carbonyl (C=O) groups is 2. The third-order valence-corrected chi connectivity index (χ3v) is 3.12. The maximum atomic E-state index is 11.5. The van der Waals surface area contributed by atoms with Crippen LogP contribution in [0.5, 0.6) is 0 Å². The lowest BCUT2D eigenvalue weighted by molar-refractivity contribution is -0.119. The number of nitrogens with one attached hydrogen (secondary N) is 3. The fourth-order valence-electron chi connectivity index (χ4n) is 1.81. The molecule has 0 aliphatic heterocycles. The third-order valence-electron chi connectivity index (χ3n) is 2.88. The molecule has 0 fully saturated rings. The predicted octanol–water partition coefficient (Wildman–Crippen LogP) is 0.720. The van der Waals surface area contributed by atoms with Crippen LogP contribution >= 0.6 is 12.6 Å². The first-order valence-corrected chi connectivity index (χ1v) is 7.52. The number of thiol groups is 1. The van der Waals surface area contributed by atoms with E-state index in [1.165, 1.54) is 12.3 Å². The topological polar surface area (TPSA) is 160 Å². The molecule has 0 saturated heterocycles. The zero-order valence-corrected chi connectivity index (χ0v) is 14.5. The average molecular weight is 351 g/mol. The van der Waals surface area contributed by atoms with Crippen LogP contribution < -0.4 is 22.1 Å². The minimum absolute atomic E-state index is 0.0574. The van der Waals surface area contributed by atoms with Crippen molar-refractivity contribution in [3.63, 3.8) is 0 Å². The van der Waals surface area contributed by atoms with Crippen molar-refractivity contribution in [1.82, 2.24) is 9.97 Å². The van der Waals surface area contributed by atoms with E-state index in [0.717, 1.165) is 0 Å². The van der Waals surface area contributed by atoms with E-state index in [9.17, 15) is 9.59 Å². The number of hydrogen-bond donors (Lipinski definition) is 6. The van der Waals surface area contributed by atoms with Gasteiger partial charge in [-0.3, -0.25) is 9.59 Å². The van der Waals surface area contributed by atoms with Crippen molar-refractivity contribution in [1.29, 1.82) is 5.41 Å². The van der Waals surface area contributed by atoms with Crippen molar-refractivity contribution in [2.75, 3.05) is 10.6 Å². The van der Waals surface area contributed by atoms with Crippen LogP contribution in [0.4, 0.5) is 11.6 Å². The van der Waals surface area contributed by atoms with Gasteiger partial charge in [0.1, 0.15) is 11.9 Å². The predicted molar refractivity (Wildman–Crippen MR) is 96.1 cm³/mol. The maximum Gasteiger partial charge on any atom is 0.271 e. The zero-order chi connectivity index (χ0) is 18.4. The molecule has 0 bridgehead atoms. The first-order valence-electron chi connectivity index (χ1n) is 7.07. The molecule has 2 amide bonds. The van der Waals surface area contributed by atoms with Gasteiger partial charge in [-0.2, -0.15) is 0 Å². The number of aromatic nitrogens is 2. The summed E-state index contributed by atoms with van der Waals surface area (Å²) >= 11 is 4.16. The Hall–Kier alpha value is -2.62. The Bertz CT molecular complexity index is 688. The van der Waals surface area contributed by atoms with Gasteiger partial charge >= 0.3 is 0 Å². The molecule has 0 unspecified atom stereocenters. The number of nitrogens with two attached hydrogens (primary N) is 2. The largest absolute Gasteiger partial charge is 0.368 e. The Labute approximate surface area is 145 Å². The van der Waals surface area contributed by atoms with E-state index < -0.39 is 17.9 Å². The van der Waals surface area contributed by atoms with Gasteiger partial charge in [0.15, 0.2) is 11.5 Å². The third kappa shape index (κ3) is 5.54. The monoisotopic (exact) mass is 351 g/mol. The first-order chi connectivity index (χ1) is 11.1. The Balaban J connectivity index is 3.18. The molecule has 1 aromatic heterocycles. The van der Waals surface area contributed by atoms with Gasteiger partial charge in [0.2, 0.25) is 5.91 Å². The van der Waals surface area contributed by atoms with Gasteiger partial charge in [-0.05, 0) is 18.9 Å². The SMILES string of the molecule is CC(=N)/C=C(\S)Nc1nc(N[C@@H](C(N)=O)C(C)C)cnc1C(N)=O. The summed E-state index contributed by atoms with van der Waals surface area (Å²) in [5, 5.41) is 13.3. The summed E-state index contributed by atoms with van der Waals surface area (Å²) < 4.78 is 0. The smallest absolute Gasteiger partial charge is 0.271 e. The van der Waals surface area contributed by atoms with Gasteiger partial charge in [-0.1, -0.05) is 13.8 Å². The molecule has 0 saturated carbocycles. The van der Waals surface area contributed by atoms with E-state index >= 15 is 0 Å². The average Bonchev–Trinajstić information content (AvgIpc) is 2.42. The molecule has 1 heterocycles. The number of primary amides is 2. The van der Waals surface area contributed by atoms with Crippen LogP contribution in [0, 0.1) is 11.3 Å². The number of allylic oxidation sites excluding steroid dienone is 1. The van der Waals surface area contributed by atoms with Crippen LogP contribution in [0.3, 0.4) is 0 Å². The molecule has 0 aliphatic rings. The van der Waals surface area contributed by atoms with Gasteiger partial charge in [-0.25, -0.2) is 9.97 Å². The lowest BCUT2D eigenvalue weighted by atomic mass is 10.0. The van der Waals surface area contributed by atoms with Gasteiger partial charge in [0.05, 0.1) is 11.2 Å². The summed E-state index contributed by atoms with van der Waals surface area (Å²) in [6, 6.07) is -0.651. The van der Waals surface area contributed by atoms with Crippen molar-refractivity contribution in [2.24, 2.45) is 17.4 Å². The number of amides is 2. The molecule has 24 heavy (non-hydrogen) atoms. The molecule has 0 radical (unpaired) electrons. The Kier molecular flexibility index (Phi) is 6.71. The van der Waals surface area contributed by atoms with Crippen molar-refractivity contribution < 1.29 is 9.59 Å². The Morgan fingerprint density at radius 3 is 2.46 bits per heavy atom. The van der Waals surface area contributed by atoms with Gasteiger partial charge in [-0.15, -0.1) is 12.6 Å². The lowest BCUT2D eigenvalue weighted by Crippen LogP contribution is -2.39. The highest BCUT2D eigenvalue weighted by molar-refractivity contribution is 7.84. The summed E-state index contributed by atoms with van der Waals surface area (Å²) in [5.74, 6) is -1.08. The Morgan fingerprint density at radius 1 is 1.38 bits per heavy atom. The van der Waals surface area contributed by atoms with E-state index in [1.54, 1.807) is 6.92 Å². The van der Waals surface area contributed by atoms with E-state index in [0.29, 0.717) is 0 Å². The van der Waals surface area contributed by atoms with Crippen molar-refractivity contribution >= 4 is 41.8 Å². The highest BCUT2D eigenvalue weighted by Gasteiger charge is 2.21. The van der Waals surface area contributed by atoms with Crippen molar-refractivity contribution in [2.45, 2.75) is 26.8 Å². The van der Waals surface area contributed by atoms with Gasteiger partial charge < -0.3 is 27.5 Å². The van der Waals surface area contributed by atoms with Crippen LogP contribution in [-0.2, 0) is 4.79 Å². The van der Waals surface area contributed by atoms with Crippen molar-refractivity contribution in [3.05, 3.63) is 23.0 Å². The van der Waals surface area contributed by atoms with E-state index in [2.05, 4.69) is 33.2 Å². The molecule has 9 nitrogen and oxygen atoms in total. The maximum absolute atomic E-state index is 11.5. The number of carbonyl (C=O) groups excluding carboxylic acids is 2. The van der Waals surface area contributed by atoms with E-state index in [-0.39, 0.29) is 34.0 Å². The van der Waals surface area contributed by atoms with Crippen LogP contribution in [0.15, 0.2) is 17.3 Å². The molecule has 1 rings (SSSR count). The standard InChI is InChI=1S/C14H21N7O2S/c1-6(2)10(12(16)22)19-8-5-18-11(13(17)23)14(20-8)21-9(24)4-7(3)15/h4-6,10,15,24H,1-3H3,(H2,16,22)(H2,17,23)(H2,19,20,21)/b9-4-,15-7?/t10-/m1/s1. The summed E-state index contributed by atoms with van der Waals surface area (Å²) in [7, 11) is 0. The van der Waals surface area contributed by atoms with Crippen LogP contribution in [0.2, 0.25) is 0 Å². The van der Waals surface area contributed by atoms with Crippen LogP contribution in [-0.4, -0.2) is 33.5 Å². The van der Waals surface area contributed by atoms with Crippen LogP contribution in [0.1, 0.15) is 31.3 Å². The molecular weight excluding hydrogens is 330 g/mol. The molecule has 1 atom stereocenters. The number of rotatable bonds is 8. The molecule has 10 heteroatoms. The fraction of sp³-hybridized carbons (Fsp3) is 0.357. The molecule has 130 valence electrons. The highest BCUT2D eigenvalue weighted by Crippen LogP contribution is 2.18. The summed E-state index contributed by atoms with van der Waals surface area (Å²) in [4.78, 5) is 31.1. The van der Waals surface area contributed by atoms with Crippen LogP contribution in [0.25, 0.3) is 0 Å². The summed E-state index contributed by atoms with van der Waals surface area (Å²) in [6.45, 7) is 5.22. The highest BCUT2D eigenvalue weighted by atomic mass is 32.1. The normalized spacial score (nSPS) is 12.6. The molecule has 7 N–H and O–H groups in total. The quantitative estimate of drug-likeness (QED) is 0.299. The van der Waals surface area contributed by atoms with E-state index in [1.807, 2.05) is 13.8 Å². The molecule has 0 spiro atoms. The summed E-state index contributed by atoms with van der Waals surface area (Å²) in [6.07, 6.45) is 2.71. The molecule has 1 aromatic rings. The Morgan fingerprint density at radius 2 is 2.00 bits per heavy atom. The fourth-order valence-corrected chi connectivity index (χ4v) is 2.11. The zero-order valence-electron chi connectivity index (χ0n) is 13.6. The van der Waals surface area contributed by atoms with Crippen molar-refractivity contribution in [3.8, 4) is 0 Å². The number of anilines is 2. The lowest BCUT2D eigenvalue weighted by Gasteiger charge is -2.20. The minimum Gasteiger partial charge on any atom is -0.368 e. The van der Waals surface area contributed by atoms with Gasteiger partial charge in [0.25, 0.3) is 5.91 Å². The van der Waals surface area contributed by atoms with E-state index in [4.69, 9.17) is 16.9 Å². The number of hydrogen-bond acceptors (Lipinski definition) is 8.